The van der Waals surface area contributed by atoms with Gasteiger partial charge >= 0.3 is 0 Å². The third-order valence-electron chi connectivity index (χ3n) is 5.08. The van der Waals surface area contributed by atoms with Gasteiger partial charge in [-0.1, -0.05) is 6.92 Å². The van der Waals surface area contributed by atoms with Crippen LogP contribution in [0.2, 0.25) is 0 Å². The lowest BCUT2D eigenvalue weighted by Gasteiger charge is -2.21. The van der Waals surface area contributed by atoms with Crippen molar-refractivity contribution < 1.29 is 4.74 Å². The molecule has 1 atom stereocenters. The number of ether oxygens (including phenoxy) is 1. The second-order valence-corrected chi connectivity index (χ2v) is 6.66. The Kier molecular flexibility index (Phi) is 3.68. The first-order chi connectivity index (χ1) is 11.7. The summed E-state index contributed by atoms with van der Waals surface area (Å²) in [5.41, 5.74) is 8.20. The topological polar surface area (TPSA) is 53.2 Å². The third kappa shape index (κ3) is 2.42. The van der Waals surface area contributed by atoms with Crippen LogP contribution < -0.4 is 4.74 Å². The van der Waals surface area contributed by atoms with Crippen LogP contribution in [0.3, 0.4) is 0 Å². The lowest BCUT2D eigenvalue weighted by atomic mass is 9.82. The standard InChI is InChI=1S/C20H23N3O/c1-12-6-4-7-14-13(2)22-18(20(12)14)10-17-19(24-3)11-16(23-17)15-8-5-9-21-15/h5,8-12,21,23H,4,6-7H2,1-3H3. The molecule has 124 valence electrons. The average molecular weight is 321 g/mol. The number of rotatable bonds is 3. The van der Waals surface area contributed by atoms with Gasteiger partial charge in [0.1, 0.15) is 5.75 Å². The predicted octanol–water partition coefficient (Wildman–Crippen LogP) is 4.95. The molecule has 0 saturated carbocycles. The fourth-order valence-electron chi connectivity index (χ4n) is 3.87. The van der Waals surface area contributed by atoms with Gasteiger partial charge < -0.3 is 14.7 Å². The highest BCUT2D eigenvalue weighted by Gasteiger charge is 2.28. The Bertz CT molecular complexity index is 850. The predicted molar refractivity (Wildman–Crippen MR) is 98.3 cm³/mol. The van der Waals surface area contributed by atoms with Crippen molar-refractivity contribution >= 4 is 11.8 Å². The van der Waals surface area contributed by atoms with Crippen LogP contribution in [0.25, 0.3) is 17.5 Å². The summed E-state index contributed by atoms with van der Waals surface area (Å²) in [4.78, 5) is 11.5. The summed E-state index contributed by atoms with van der Waals surface area (Å²) in [6, 6.07) is 6.07. The van der Waals surface area contributed by atoms with Crippen LogP contribution in [-0.2, 0) is 0 Å². The van der Waals surface area contributed by atoms with Crippen molar-refractivity contribution in [3.05, 3.63) is 46.9 Å². The Morgan fingerprint density at radius 1 is 1.33 bits per heavy atom. The third-order valence-corrected chi connectivity index (χ3v) is 5.08. The van der Waals surface area contributed by atoms with E-state index in [4.69, 9.17) is 9.73 Å². The van der Waals surface area contributed by atoms with Gasteiger partial charge in [0.2, 0.25) is 0 Å². The van der Waals surface area contributed by atoms with Crippen LogP contribution >= 0.6 is 0 Å². The van der Waals surface area contributed by atoms with Gasteiger partial charge in [0.05, 0.1) is 29.9 Å². The smallest absolute Gasteiger partial charge is 0.144 e. The molecule has 4 heteroatoms. The summed E-state index contributed by atoms with van der Waals surface area (Å²) in [5, 5.41) is 0. The highest BCUT2D eigenvalue weighted by molar-refractivity contribution is 6.04. The maximum Gasteiger partial charge on any atom is 0.144 e. The normalized spacial score (nSPS) is 22.0. The minimum atomic E-state index is 0.574. The first-order valence-corrected chi connectivity index (χ1v) is 8.59. The van der Waals surface area contributed by atoms with E-state index in [9.17, 15) is 0 Å². The van der Waals surface area contributed by atoms with Crippen molar-refractivity contribution in [1.29, 1.82) is 0 Å². The van der Waals surface area contributed by atoms with Gasteiger partial charge in [-0.3, -0.25) is 4.99 Å². The zero-order valence-electron chi connectivity index (χ0n) is 14.4. The summed E-state index contributed by atoms with van der Waals surface area (Å²) in [6.45, 7) is 4.44. The Labute approximate surface area is 142 Å². The number of nitrogens with zero attached hydrogens (tertiary/aromatic N) is 1. The Hall–Kier alpha value is -2.49. The van der Waals surface area contributed by atoms with Gasteiger partial charge in [-0.15, -0.1) is 0 Å². The van der Waals surface area contributed by atoms with E-state index in [-0.39, 0.29) is 0 Å². The summed E-state index contributed by atoms with van der Waals surface area (Å²) in [6.07, 6.45) is 7.73. The van der Waals surface area contributed by atoms with Gasteiger partial charge in [0, 0.05) is 18.0 Å². The quantitative estimate of drug-likeness (QED) is 0.825. The maximum absolute atomic E-state index is 5.57. The molecule has 0 aromatic carbocycles. The molecule has 1 aliphatic carbocycles. The molecule has 1 unspecified atom stereocenters. The molecule has 0 saturated heterocycles. The largest absolute Gasteiger partial charge is 0.494 e. The molecule has 4 rings (SSSR count). The van der Waals surface area contributed by atoms with E-state index >= 15 is 0 Å². The first kappa shape index (κ1) is 15.1. The summed E-state index contributed by atoms with van der Waals surface area (Å²) in [7, 11) is 1.71. The Balaban J connectivity index is 1.77. The van der Waals surface area contributed by atoms with Crippen LogP contribution in [0.4, 0.5) is 0 Å². The molecule has 2 N–H and O–H groups in total. The molecule has 3 heterocycles. The van der Waals surface area contributed by atoms with Crippen molar-refractivity contribution in [2.75, 3.05) is 7.11 Å². The second-order valence-electron chi connectivity index (χ2n) is 6.66. The van der Waals surface area contributed by atoms with E-state index < -0.39 is 0 Å². The molecular weight excluding hydrogens is 298 g/mol. The van der Waals surface area contributed by atoms with Gasteiger partial charge in [0.15, 0.2) is 0 Å². The minimum absolute atomic E-state index is 0.574. The molecule has 2 aromatic rings. The van der Waals surface area contributed by atoms with Gasteiger partial charge in [-0.2, -0.15) is 0 Å². The van der Waals surface area contributed by atoms with Crippen molar-refractivity contribution in [2.24, 2.45) is 10.9 Å². The van der Waals surface area contributed by atoms with E-state index in [0.29, 0.717) is 5.92 Å². The number of nitrogens with one attached hydrogen (secondary N) is 2. The van der Waals surface area contributed by atoms with Crippen molar-refractivity contribution in [3.63, 3.8) is 0 Å². The number of aromatic amines is 2. The molecule has 2 aliphatic rings. The molecule has 2 aromatic heterocycles. The van der Waals surface area contributed by atoms with Crippen LogP contribution in [0, 0.1) is 5.92 Å². The van der Waals surface area contributed by atoms with E-state index in [1.807, 2.05) is 24.4 Å². The molecule has 24 heavy (non-hydrogen) atoms. The molecule has 1 aliphatic heterocycles. The van der Waals surface area contributed by atoms with E-state index in [1.54, 1.807) is 7.11 Å². The zero-order valence-corrected chi connectivity index (χ0v) is 14.4. The molecule has 4 nitrogen and oxygen atoms in total. The van der Waals surface area contributed by atoms with Gasteiger partial charge in [-0.05, 0) is 61.5 Å². The maximum atomic E-state index is 5.57. The van der Waals surface area contributed by atoms with Crippen molar-refractivity contribution in [3.8, 4) is 17.1 Å². The van der Waals surface area contributed by atoms with Crippen LogP contribution in [-0.4, -0.2) is 22.8 Å². The average Bonchev–Trinajstić information content (AvgIpc) is 3.28. The van der Waals surface area contributed by atoms with E-state index in [1.165, 1.54) is 29.7 Å². The van der Waals surface area contributed by atoms with Crippen LogP contribution in [0.1, 0.15) is 38.8 Å². The summed E-state index contributed by atoms with van der Waals surface area (Å²) < 4.78 is 5.57. The van der Waals surface area contributed by atoms with Gasteiger partial charge in [0.25, 0.3) is 0 Å². The Morgan fingerprint density at radius 3 is 2.96 bits per heavy atom. The number of H-pyrrole nitrogens is 2. The molecule has 0 bridgehead atoms. The number of allylic oxidation sites excluding steroid dienone is 2. The fourth-order valence-corrected chi connectivity index (χ4v) is 3.87. The lowest BCUT2D eigenvalue weighted by molar-refractivity contribution is 0.414. The monoisotopic (exact) mass is 321 g/mol. The van der Waals surface area contributed by atoms with Crippen molar-refractivity contribution in [1.82, 2.24) is 9.97 Å². The fraction of sp³-hybridized carbons (Fsp3) is 0.350. The molecular formula is C20H23N3O. The number of aliphatic imine (C=N–C) groups is 1. The van der Waals surface area contributed by atoms with Crippen LogP contribution in [0.5, 0.6) is 5.75 Å². The van der Waals surface area contributed by atoms with E-state index in [0.717, 1.165) is 34.9 Å². The number of hydrogen-bond acceptors (Lipinski definition) is 2. The lowest BCUT2D eigenvalue weighted by Crippen LogP contribution is -2.10. The van der Waals surface area contributed by atoms with Crippen LogP contribution in [0.15, 0.2) is 46.2 Å². The van der Waals surface area contributed by atoms with Gasteiger partial charge in [-0.25, -0.2) is 0 Å². The highest BCUT2D eigenvalue weighted by Crippen LogP contribution is 2.41. The summed E-state index contributed by atoms with van der Waals surface area (Å²) >= 11 is 0. The highest BCUT2D eigenvalue weighted by atomic mass is 16.5. The molecule has 0 radical (unpaired) electrons. The zero-order chi connectivity index (χ0) is 16.7. The number of aromatic nitrogens is 2. The number of hydrogen-bond donors (Lipinski definition) is 2. The second kappa shape index (κ2) is 5.86. The molecule has 0 fully saturated rings. The van der Waals surface area contributed by atoms with Crippen molar-refractivity contribution in [2.45, 2.75) is 33.1 Å². The molecule has 0 spiro atoms. The SMILES string of the molecule is COc1cc(-c2ccc[nH]2)[nH]c1C=C1N=C(C)C2=C1C(C)CCC2. The van der Waals surface area contributed by atoms with E-state index in [2.05, 4.69) is 29.9 Å². The molecule has 0 amide bonds. The minimum Gasteiger partial charge on any atom is -0.494 e. The number of methoxy groups -OCH3 is 1. The Morgan fingerprint density at radius 2 is 2.21 bits per heavy atom. The summed E-state index contributed by atoms with van der Waals surface area (Å²) in [5.74, 6) is 1.42. The first-order valence-electron chi connectivity index (χ1n) is 8.59.